The van der Waals surface area contributed by atoms with Crippen LogP contribution in [0.25, 0.3) is 0 Å². The van der Waals surface area contributed by atoms with E-state index in [2.05, 4.69) is 6.58 Å². The van der Waals surface area contributed by atoms with Gasteiger partial charge in [-0.15, -0.1) is 6.58 Å². The maximum Gasteiger partial charge on any atom is 0.320 e. The highest BCUT2D eigenvalue weighted by molar-refractivity contribution is 5.71. The molecule has 21 heavy (non-hydrogen) atoms. The lowest BCUT2D eigenvalue weighted by Gasteiger charge is -2.19. The zero-order chi connectivity index (χ0) is 15.5. The molecule has 116 valence electrons. The molecule has 1 aromatic carbocycles. The van der Waals surface area contributed by atoms with Crippen molar-refractivity contribution < 1.29 is 14.3 Å². The number of hydrogen-bond acceptors (Lipinski definition) is 4. The average molecular weight is 291 g/mol. The Kier molecular flexibility index (Phi) is 8.21. The molecule has 1 rings (SSSR count). The molecule has 0 atom stereocenters. The molecule has 0 saturated carbocycles. The number of rotatable bonds is 10. The first kappa shape index (κ1) is 17.2. The number of esters is 1. The Balaban J connectivity index is 2.29. The van der Waals surface area contributed by atoms with E-state index in [1.807, 2.05) is 43.0 Å². The molecule has 0 N–H and O–H groups in total. The van der Waals surface area contributed by atoms with Crippen LogP contribution in [0.2, 0.25) is 0 Å². The van der Waals surface area contributed by atoms with Crippen molar-refractivity contribution >= 4 is 5.97 Å². The summed E-state index contributed by atoms with van der Waals surface area (Å²) in [6.45, 7) is 10.3. The van der Waals surface area contributed by atoms with Crippen LogP contribution in [-0.4, -0.2) is 43.7 Å². The fourth-order valence-corrected chi connectivity index (χ4v) is 1.99. The second kappa shape index (κ2) is 10.00. The Bertz CT molecular complexity index is 445. The number of carbonyl (C=O) groups excluding carboxylic acids is 1. The van der Waals surface area contributed by atoms with Gasteiger partial charge >= 0.3 is 5.97 Å². The third kappa shape index (κ3) is 7.51. The van der Waals surface area contributed by atoms with Crippen molar-refractivity contribution in [3.63, 3.8) is 0 Å². The van der Waals surface area contributed by atoms with Gasteiger partial charge in [-0.05, 0) is 38.0 Å². The summed E-state index contributed by atoms with van der Waals surface area (Å²) in [6.07, 6.45) is 2.64. The molecule has 1 aromatic rings. The molecule has 4 heteroatoms. The van der Waals surface area contributed by atoms with Crippen LogP contribution in [0.5, 0.6) is 5.75 Å². The maximum absolute atomic E-state index is 11.5. The van der Waals surface area contributed by atoms with Gasteiger partial charge in [0.05, 0.1) is 19.8 Å². The van der Waals surface area contributed by atoms with Crippen molar-refractivity contribution in [3.8, 4) is 5.75 Å². The van der Waals surface area contributed by atoms with Crippen molar-refractivity contribution in [1.82, 2.24) is 4.90 Å². The molecule has 0 aliphatic heterocycles. The van der Waals surface area contributed by atoms with Gasteiger partial charge in [-0.1, -0.05) is 18.2 Å². The first-order valence-corrected chi connectivity index (χ1v) is 7.34. The van der Waals surface area contributed by atoms with Crippen molar-refractivity contribution in [3.05, 3.63) is 42.5 Å². The fraction of sp³-hybridized carbons (Fsp3) is 0.471. The second-order valence-electron chi connectivity index (χ2n) is 4.85. The lowest BCUT2D eigenvalue weighted by Crippen LogP contribution is -2.32. The van der Waals surface area contributed by atoms with Crippen LogP contribution in [-0.2, 0) is 9.53 Å². The summed E-state index contributed by atoms with van der Waals surface area (Å²) in [5.41, 5.74) is 1.18. The monoisotopic (exact) mass is 291 g/mol. The molecule has 0 heterocycles. The summed E-state index contributed by atoms with van der Waals surface area (Å²) in [5, 5.41) is 0. The molecule has 0 aromatic heterocycles. The van der Waals surface area contributed by atoms with Crippen molar-refractivity contribution in [2.24, 2.45) is 0 Å². The van der Waals surface area contributed by atoms with Crippen LogP contribution in [0.4, 0.5) is 0 Å². The molecule has 4 nitrogen and oxygen atoms in total. The SMILES string of the molecule is C=CCN(CCCOc1cccc(C)c1)CC(=O)OCC. The molecule has 0 amide bonds. The van der Waals surface area contributed by atoms with Gasteiger partial charge in [0.25, 0.3) is 0 Å². The molecule has 0 unspecified atom stereocenters. The third-order valence-corrected chi connectivity index (χ3v) is 2.92. The molecular weight excluding hydrogens is 266 g/mol. The Hall–Kier alpha value is -1.81. The van der Waals surface area contributed by atoms with Crippen LogP contribution in [0.15, 0.2) is 36.9 Å². The van der Waals surface area contributed by atoms with Gasteiger partial charge in [-0.3, -0.25) is 9.69 Å². The Labute approximate surface area is 127 Å². The van der Waals surface area contributed by atoms with Gasteiger partial charge in [0, 0.05) is 13.1 Å². The molecule has 0 saturated heterocycles. The zero-order valence-corrected chi connectivity index (χ0v) is 13.0. The van der Waals surface area contributed by atoms with Gasteiger partial charge in [-0.2, -0.15) is 0 Å². The fourth-order valence-electron chi connectivity index (χ4n) is 1.99. The Morgan fingerprint density at radius 1 is 1.43 bits per heavy atom. The Morgan fingerprint density at radius 3 is 2.90 bits per heavy atom. The van der Waals surface area contributed by atoms with E-state index in [-0.39, 0.29) is 5.97 Å². The normalized spacial score (nSPS) is 10.4. The average Bonchev–Trinajstić information content (AvgIpc) is 2.44. The van der Waals surface area contributed by atoms with Crippen LogP contribution >= 0.6 is 0 Å². The molecule has 0 aliphatic carbocycles. The number of carbonyl (C=O) groups is 1. The number of hydrogen-bond donors (Lipinski definition) is 0. The summed E-state index contributed by atoms with van der Waals surface area (Å²) in [6, 6.07) is 7.99. The number of benzene rings is 1. The first-order chi connectivity index (χ1) is 10.2. The highest BCUT2D eigenvalue weighted by Gasteiger charge is 2.09. The van der Waals surface area contributed by atoms with Crippen molar-refractivity contribution in [2.45, 2.75) is 20.3 Å². The minimum Gasteiger partial charge on any atom is -0.494 e. The molecule has 0 fully saturated rings. The predicted molar refractivity (Wildman–Crippen MR) is 84.6 cm³/mol. The summed E-state index contributed by atoms with van der Waals surface area (Å²) < 4.78 is 10.7. The van der Waals surface area contributed by atoms with Gasteiger partial charge in [0.1, 0.15) is 5.75 Å². The predicted octanol–water partition coefficient (Wildman–Crippen LogP) is 2.82. The van der Waals surface area contributed by atoms with Crippen molar-refractivity contribution in [1.29, 1.82) is 0 Å². The summed E-state index contributed by atoms with van der Waals surface area (Å²) >= 11 is 0. The number of aryl methyl sites for hydroxylation is 1. The minimum atomic E-state index is -0.195. The summed E-state index contributed by atoms with van der Waals surface area (Å²) in [7, 11) is 0. The smallest absolute Gasteiger partial charge is 0.320 e. The molecule has 0 bridgehead atoms. The molecular formula is C17H25NO3. The van der Waals surface area contributed by atoms with E-state index in [4.69, 9.17) is 9.47 Å². The van der Waals surface area contributed by atoms with Gasteiger partial charge in [0.2, 0.25) is 0 Å². The van der Waals surface area contributed by atoms with E-state index in [0.29, 0.717) is 26.3 Å². The van der Waals surface area contributed by atoms with Gasteiger partial charge < -0.3 is 9.47 Å². The number of ether oxygens (including phenoxy) is 2. The second-order valence-corrected chi connectivity index (χ2v) is 4.85. The number of nitrogens with zero attached hydrogens (tertiary/aromatic N) is 1. The molecule has 0 radical (unpaired) electrons. The van der Waals surface area contributed by atoms with Gasteiger partial charge in [0.15, 0.2) is 0 Å². The lowest BCUT2D eigenvalue weighted by atomic mass is 10.2. The van der Waals surface area contributed by atoms with E-state index in [1.54, 1.807) is 6.08 Å². The standard InChI is InChI=1S/C17H25NO3/c1-4-10-18(14-17(19)20-5-2)11-7-12-21-16-9-6-8-15(3)13-16/h4,6,8-9,13H,1,5,7,10-12,14H2,2-3H3. The van der Waals surface area contributed by atoms with Crippen molar-refractivity contribution in [2.75, 3.05) is 32.8 Å². The van der Waals surface area contributed by atoms with Gasteiger partial charge in [-0.25, -0.2) is 0 Å². The highest BCUT2D eigenvalue weighted by atomic mass is 16.5. The van der Waals surface area contributed by atoms with E-state index in [0.717, 1.165) is 18.7 Å². The largest absolute Gasteiger partial charge is 0.494 e. The third-order valence-electron chi connectivity index (χ3n) is 2.92. The minimum absolute atomic E-state index is 0.195. The quantitative estimate of drug-likeness (QED) is 0.377. The highest BCUT2D eigenvalue weighted by Crippen LogP contribution is 2.12. The van der Waals surface area contributed by atoms with Crippen LogP contribution in [0, 0.1) is 6.92 Å². The topological polar surface area (TPSA) is 38.8 Å². The Morgan fingerprint density at radius 2 is 2.24 bits per heavy atom. The van der Waals surface area contributed by atoms with E-state index < -0.39 is 0 Å². The van der Waals surface area contributed by atoms with E-state index in [1.165, 1.54) is 5.56 Å². The summed E-state index contributed by atoms with van der Waals surface area (Å²) in [5.74, 6) is 0.689. The van der Waals surface area contributed by atoms with E-state index >= 15 is 0 Å². The maximum atomic E-state index is 11.5. The lowest BCUT2D eigenvalue weighted by molar-refractivity contribution is -0.144. The van der Waals surface area contributed by atoms with Crippen LogP contribution in [0.3, 0.4) is 0 Å². The van der Waals surface area contributed by atoms with Crippen LogP contribution in [0.1, 0.15) is 18.9 Å². The van der Waals surface area contributed by atoms with E-state index in [9.17, 15) is 4.79 Å². The molecule has 0 aliphatic rings. The summed E-state index contributed by atoms with van der Waals surface area (Å²) in [4.78, 5) is 13.5. The zero-order valence-electron chi connectivity index (χ0n) is 13.0. The molecule has 0 spiro atoms. The van der Waals surface area contributed by atoms with Crippen LogP contribution < -0.4 is 4.74 Å². The first-order valence-electron chi connectivity index (χ1n) is 7.34.